The number of amides is 2. The number of anilines is 1. The Bertz CT molecular complexity index is 1490. The summed E-state index contributed by atoms with van der Waals surface area (Å²) in [5, 5.41) is 12.4. The number of halogens is 4. The zero-order chi connectivity index (χ0) is 25.7. The SMILES string of the molecule is O=C(NCc1ccc(F)c(Cl)c1F)c1cn2c(c(O)c1=O)C(=O)N1C[C@@H]2CCCc2cc(F)ccc21. The van der Waals surface area contributed by atoms with Crippen molar-refractivity contribution in [3.05, 3.63) is 91.6 Å². The van der Waals surface area contributed by atoms with E-state index in [0.717, 1.165) is 12.1 Å². The monoisotopic (exact) mass is 517 g/mol. The van der Waals surface area contributed by atoms with Crippen LogP contribution in [-0.4, -0.2) is 28.0 Å². The van der Waals surface area contributed by atoms with Crippen LogP contribution < -0.4 is 15.6 Å². The van der Waals surface area contributed by atoms with Gasteiger partial charge >= 0.3 is 0 Å². The molecular formula is C25H19ClF3N3O4. The summed E-state index contributed by atoms with van der Waals surface area (Å²) < 4.78 is 42.8. The minimum Gasteiger partial charge on any atom is -0.503 e. The Morgan fingerprint density at radius 1 is 1.17 bits per heavy atom. The second-order valence-electron chi connectivity index (χ2n) is 8.73. The number of aryl methyl sites for hydroxylation is 1. The van der Waals surface area contributed by atoms with Gasteiger partial charge in [0.05, 0.1) is 6.04 Å². The number of carbonyl (C=O) groups is 2. The van der Waals surface area contributed by atoms with Gasteiger partial charge in [-0.15, -0.1) is 0 Å². The molecule has 0 saturated carbocycles. The van der Waals surface area contributed by atoms with Gasteiger partial charge in [-0.1, -0.05) is 17.7 Å². The maximum Gasteiger partial charge on any atom is 0.279 e. The van der Waals surface area contributed by atoms with Gasteiger partial charge in [0, 0.05) is 30.5 Å². The second-order valence-corrected chi connectivity index (χ2v) is 9.11. The normalized spacial score (nSPS) is 16.6. The van der Waals surface area contributed by atoms with Crippen LogP contribution in [-0.2, 0) is 13.0 Å². The molecular weight excluding hydrogens is 499 g/mol. The van der Waals surface area contributed by atoms with E-state index in [-0.39, 0.29) is 23.8 Å². The Morgan fingerprint density at radius 2 is 1.94 bits per heavy atom. The van der Waals surface area contributed by atoms with Crippen LogP contribution in [0.3, 0.4) is 0 Å². The molecule has 2 N–H and O–H groups in total. The summed E-state index contributed by atoms with van der Waals surface area (Å²) in [6.45, 7) is -0.191. The largest absolute Gasteiger partial charge is 0.503 e. The molecule has 0 radical (unpaired) electrons. The second kappa shape index (κ2) is 9.02. The number of benzene rings is 2. The number of rotatable bonds is 3. The molecule has 5 rings (SSSR count). The van der Waals surface area contributed by atoms with Crippen LogP contribution in [0.25, 0.3) is 0 Å². The third-order valence-electron chi connectivity index (χ3n) is 6.56. The van der Waals surface area contributed by atoms with E-state index in [1.54, 1.807) is 0 Å². The summed E-state index contributed by atoms with van der Waals surface area (Å²) in [7, 11) is 0. The van der Waals surface area contributed by atoms with Crippen molar-refractivity contribution in [3.8, 4) is 5.75 Å². The number of nitrogens with zero attached hydrogens (tertiary/aromatic N) is 2. The molecule has 2 aromatic carbocycles. The number of nitrogens with one attached hydrogen (secondary N) is 1. The van der Waals surface area contributed by atoms with Gasteiger partial charge in [0.15, 0.2) is 11.4 Å². The first-order valence-electron chi connectivity index (χ1n) is 11.2. The van der Waals surface area contributed by atoms with Gasteiger partial charge < -0.3 is 19.9 Å². The minimum atomic E-state index is -1.07. The molecule has 2 bridgehead atoms. The van der Waals surface area contributed by atoms with Gasteiger partial charge in [-0.05, 0) is 49.1 Å². The van der Waals surface area contributed by atoms with E-state index in [0.29, 0.717) is 30.5 Å². The molecule has 3 aromatic rings. The molecule has 0 saturated heterocycles. The summed E-state index contributed by atoms with van der Waals surface area (Å²) in [5.74, 6) is -4.86. The van der Waals surface area contributed by atoms with Gasteiger partial charge in [0.25, 0.3) is 11.8 Å². The highest BCUT2D eigenvalue weighted by Gasteiger charge is 2.37. The topological polar surface area (TPSA) is 91.6 Å². The van der Waals surface area contributed by atoms with E-state index >= 15 is 0 Å². The third kappa shape index (κ3) is 3.91. The first kappa shape index (κ1) is 23.9. The number of fused-ring (bicyclic) bond motifs is 6. The van der Waals surface area contributed by atoms with Crippen LogP contribution >= 0.6 is 11.6 Å². The Labute approximate surface area is 207 Å². The molecule has 3 heterocycles. The maximum atomic E-state index is 14.2. The summed E-state index contributed by atoms with van der Waals surface area (Å²) in [6, 6.07) is 5.81. The predicted molar refractivity (Wildman–Crippen MR) is 125 cm³/mol. The highest BCUT2D eigenvalue weighted by molar-refractivity contribution is 6.31. The lowest BCUT2D eigenvalue weighted by molar-refractivity contribution is 0.0927. The molecule has 11 heteroatoms. The van der Waals surface area contributed by atoms with Crippen molar-refractivity contribution in [2.24, 2.45) is 0 Å². The molecule has 0 aliphatic carbocycles. The maximum absolute atomic E-state index is 14.2. The molecule has 1 aromatic heterocycles. The zero-order valence-electron chi connectivity index (χ0n) is 18.7. The molecule has 1 atom stereocenters. The van der Waals surface area contributed by atoms with Gasteiger partial charge in [-0.25, -0.2) is 13.2 Å². The van der Waals surface area contributed by atoms with Crippen molar-refractivity contribution in [1.82, 2.24) is 9.88 Å². The fraction of sp³-hybridized carbons (Fsp3) is 0.240. The summed E-state index contributed by atoms with van der Waals surface area (Å²) in [5.41, 5.74) is -0.705. The fourth-order valence-corrected chi connectivity index (χ4v) is 4.93. The zero-order valence-corrected chi connectivity index (χ0v) is 19.4. The van der Waals surface area contributed by atoms with Gasteiger partial charge in [0.2, 0.25) is 5.43 Å². The lowest BCUT2D eigenvalue weighted by Gasteiger charge is -2.39. The molecule has 7 nitrogen and oxygen atoms in total. The molecule has 186 valence electrons. The van der Waals surface area contributed by atoms with Crippen LogP contribution in [0.1, 0.15) is 50.9 Å². The smallest absolute Gasteiger partial charge is 0.279 e. The lowest BCUT2D eigenvalue weighted by atomic mass is 9.95. The van der Waals surface area contributed by atoms with Crippen molar-refractivity contribution in [2.75, 3.05) is 11.4 Å². The first-order chi connectivity index (χ1) is 17.2. The number of carbonyl (C=O) groups excluding carboxylic acids is 2. The van der Waals surface area contributed by atoms with Gasteiger partial charge in [0.1, 0.15) is 28.0 Å². The van der Waals surface area contributed by atoms with Crippen LogP contribution in [0, 0.1) is 17.5 Å². The summed E-state index contributed by atoms with van der Waals surface area (Å²) in [4.78, 5) is 40.4. The Hall–Kier alpha value is -3.79. The van der Waals surface area contributed by atoms with E-state index in [2.05, 4.69) is 5.32 Å². The number of hydrogen-bond acceptors (Lipinski definition) is 4. The first-order valence-corrected chi connectivity index (χ1v) is 11.5. The van der Waals surface area contributed by atoms with E-state index in [1.165, 1.54) is 33.9 Å². The van der Waals surface area contributed by atoms with E-state index < -0.39 is 57.6 Å². The van der Waals surface area contributed by atoms with Crippen LogP contribution in [0.2, 0.25) is 5.02 Å². The van der Waals surface area contributed by atoms with Crippen LogP contribution in [0.5, 0.6) is 5.75 Å². The molecule has 2 amide bonds. The van der Waals surface area contributed by atoms with Crippen molar-refractivity contribution in [1.29, 1.82) is 0 Å². The van der Waals surface area contributed by atoms with Crippen molar-refractivity contribution in [2.45, 2.75) is 31.8 Å². The average Bonchev–Trinajstić information content (AvgIpc) is 2.84. The minimum absolute atomic E-state index is 0.0991. The number of aromatic hydroxyl groups is 1. The lowest BCUT2D eigenvalue weighted by Crippen LogP contribution is -2.46. The average molecular weight is 518 g/mol. The summed E-state index contributed by atoms with van der Waals surface area (Å²) in [6.07, 6.45) is 2.92. The van der Waals surface area contributed by atoms with Crippen LogP contribution in [0.4, 0.5) is 18.9 Å². The van der Waals surface area contributed by atoms with Crippen molar-refractivity contribution < 1.29 is 27.9 Å². The van der Waals surface area contributed by atoms with E-state index in [9.17, 15) is 32.7 Å². The Balaban J connectivity index is 1.50. The third-order valence-corrected chi connectivity index (χ3v) is 6.91. The quantitative estimate of drug-likeness (QED) is 0.512. The number of aromatic nitrogens is 1. The van der Waals surface area contributed by atoms with E-state index in [4.69, 9.17) is 11.6 Å². The Kier molecular flexibility index (Phi) is 5.99. The molecule has 0 spiro atoms. The fourth-order valence-electron chi connectivity index (χ4n) is 4.75. The predicted octanol–water partition coefficient (Wildman–Crippen LogP) is 4.09. The molecule has 0 unspecified atom stereocenters. The number of pyridine rings is 1. The molecule has 0 fully saturated rings. The summed E-state index contributed by atoms with van der Waals surface area (Å²) >= 11 is 5.56. The number of hydrogen-bond donors (Lipinski definition) is 2. The van der Waals surface area contributed by atoms with Gasteiger partial charge in [-0.2, -0.15) is 0 Å². The van der Waals surface area contributed by atoms with Crippen molar-refractivity contribution in [3.63, 3.8) is 0 Å². The van der Waals surface area contributed by atoms with Gasteiger partial charge in [-0.3, -0.25) is 14.4 Å². The highest BCUT2D eigenvalue weighted by Crippen LogP contribution is 2.36. The standard InChI is InChI=1S/C25H19ClF3N3O4/c26-19-17(28)6-4-13(20(19)29)9-30-24(35)16-11-31-15-3-1-2-12-8-14(27)5-7-18(12)32(10-15)25(36)21(31)23(34)22(16)33/h4-8,11,15,34H,1-3,9-10H2,(H,30,35)/t15-/m0/s1. The molecule has 36 heavy (non-hydrogen) atoms. The van der Waals surface area contributed by atoms with E-state index in [1.807, 2.05) is 0 Å². The molecule has 2 aliphatic rings. The van der Waals surface area contributed by atoms with Crippen LogP contribution in [0.15, 0.2) is 41.3 Å². The highest BCUT2D eigenvalue weighted by atomic mass is 35.5. The van der Waals surface area contributed by atoms with Crippen molar-refractivity contribution >= 4 is 29.1 Å². The Morgan fingerprint density at radius 3 is 2.72 bits per heavy atom. The molecule has 2 aliphatic heterocycles.